The number of imide groups is 1. The Labute approximate surface area is 425 Å². The Morgan fingerprint density at radius 1 is 0.764 bits per heavy atom. The molecule has 0 bridgehead atoms. The zero-order valence-corrected chi connectivity index (χ0v) is 41.9. The molecule has 388 valence electrons. The summed E-state index contributed by atoms with van der Waals surface area (Å²) in [5.74, 6) is 0.992. The Balaban J connectivity index is 0.635. The highest BCUT2D eigenvalue weighted by molar-refractivity contribution is 7.99. The molecule has 0 aliphatic carbocycles. The molecule has 7 rings (SSSR count). The standard InChI is InChI=1S/C52H68N8O11S/c61-47(13-9-40-6-4-17-53-35-40)54-18-2-1-5-39-15-19-59(20-16-39)51(65)41-10-12-46(55-36-41)57-21-23-58(24-22-57)49(63)38-71-32-31-69-28-27-67-25-26-68-29-30-70-33-34-72-45-8-3-7-42-43(45)37-60(52(42)66)44-11-14-48(62)56-50(44)64/h3-4,6-10,12-13,17,35-36,39,44H,1-2,5,11,14-16,18-34,37-38H2,(H,54,61)(H,56,62,64)/b13-9+. The molecular formula is C52H68N8O11S. The lowest BCUT2D eigenvalue weighted by atomic mass is 9.91. The van der Waals surface area contributed by atoms with E-state index < -0.39 is 11.9 Å². The van der Waals surface area contributed by atoms with Crippen LogP contribution in [0.15, 0.2) is 72.0 Å². The van der Waals surface area contributed by atoms with Crippen molar-refractivity contribution >= 4 is 59.1 Å². The van der Waals surface area contributed by atoms with Gasteiger partial charge in [0.25, 0.3) is 11.8 Å². The molecule has 4 aliphatic rings. The number of amides is 6. The number of pyridine rings is 2. The third kappa shape index (κ3) is 16.6. The second kappa shape index (κ2) is 29.1. The second-order valence-corrected chi connectivity index (χ2v) is 19.1. The maximum Gasteiger partial charge on any atom is 0.255 e. The van der Waals surface area contributed by atoms with Crippen LogP contribution in [0.3, 0.4) is 0 Å². The van der Waals surface area contributed by atoms with Gasteiger partial charge in [0.05, 0.1) is 65.0 Å². The maximum absolute atomic E-state index is 13.3. The van der Waals surface area contributed by atoms with Gasteiger partial charge < -0.3 is 48.6 Å². The summed E-state index contributed by atoms with van der Waals surface area (Å²) in [6, 6.07) is 12.4. The molecule has 1 atom stereocenters. The number of hydrogen-bond donors (Lipinski definition) is 2. The molecule has 4 aliphatic heterocycles. The van der Waals surface area contributed by atoms with Gasteiger partial charge in [-0.25, -0.2) is 4.98 Å². The van der Waals surface area contributed by atoms with Gasteiger partial charge in [0, 0.05) is 99.7 Å². The van der Waals surface area contributed by atoms with Crippen LogP contribution >= 0.6 is 11.8 Å². The van der Waals surface area contributed by atoms with Gasteiger partial charge in [-0.3, -0.25) is 39.1 Å². The van der Waals surface area contributed by atoms with Crippen LogP contribution < -0.4 is 15.5 Å². The molecule has 19 nitrogen and oxygen atoms in total. The monoisotopic (exact) mass is 1010 g/mol. The first-order valence-corrected chi connectivity index (χ1v) is 26.1. The van der Waals surface area contributed by atoms with Gasteiger partial charge in [0.15, 0.2) is 0 Å². The number of thioether (sulfide) groups is 1. The van der Waals surface area contributed by atoms with E-state index in [-0.39, 0.29) is 42.6 Å². The largest absolute Gasteiger partial charge is 0.378 e. The first-order valence-electron chi connectivity index (χ1n) is 25.2. The van der Waals surface area contributed by atoms with E-state index in [1.54, 1.807) is 52.3 Å². The number of hydrogen-bond acceptors (Lipinski definition) is 15. The molecule has 0 radical (unpaired) electrons. The Kier molecular flexibility index (Phi) is 21.8. The van der Waals surface area contributed by atoms with E-state index in [0.29, 0.717) is 128 Å². The first-order chi connectivity index (χ1) is 35.2. The number of anilines is 1. The molecule has 0 spiro atoms. The summed E-state index contributed by atoms with van der Waals surface area (Å²) in [7, 11) is 0. The smallest absolute Gasteiger partial charge is 0.255 e. The van der Waals surface area contributed by atoms with E-state index in [1.807, 2.05) is 41.3 Å². The van der Waals surface area contributed by atoms with Crippen molar-refractivity contribution in [3.05, 3.63) is 89.4 Å². The number of aromatic nitrogens is 2. The number of ether oxygens (including phenoxy) is 5. The highest BCUT2D eigenvalue weighted by atomic mass is 32.2. The molecule has 72 heavy (non-hydrogen) atoms. The number of fused-ring (bicyclic) bond motifs is 1. The molecule has 0 saturated carbocycles. The molecule has 3 saturated heterocycles. The van der Waals surface area contributed by atoms with Crippen LogP contribution in [-0.2, 0) is 49.4 Å². The number of benzene rings is 1. The second-order valence-electron chi connectivity index (χ2n) is 17.9. The van der Waals surface area contributed by atoms with Crippen molar-refractivity contribution in [1.82, 2.24) is 35.3 Å². The van der Waals surface area contributed by atoms with Gasteiger partial charge in [0.1, 0.15) is 18.5 Å². The number of rotatable bonds is 28. The summed E-state index contributed by atoms with van der Waals surface area (Å²) in [6.45, 7) is 8.51. The minimum absolute atomic E-state index is 0.00701. The molecule has 2 aromatic heterocycles. The molecule has 20 heteroatoms. The summed E-state index contributed by atoms with van der Waals surface area (Å²) in [5.41, 5.74) is 2.98. The topological polar surface area (TPSA) is 211 Å². The quantitative estimate of drug-likeness (QED) is 0.0461. The van der Waals surface area contributed by atoms with Crippen LogP contribution in [0, 0.1) is 5.92 Å². The van der Waals surface area contributed by atoms with Gasteiger partial charge in [-0.1, -0.05) is 25.0 Å². The molecule has 3 aromatic rings. The fourth-order valence-electron chi connectivity index (χ4n) is 9.00. The summed E-state index contributed by atoms with van der Waals surface area (Å²) >= 11 is 1.60. The van der Waals surface area contributed by atoms with Gasteiger partial charge in [-0.15, -0.1) is 11.8 Å². The van der Waals surface area contributed by atoms with Crippen molar-refractivity contribution in [2.24, 2.45) is 5.92 Å². The third-order valence-corrected chi connectivity index (χ3v) is 14.1. The number of likely N-dealkylation sites (tertiary alicyclic amines) is 1. The molecule has 6 amide bonds. The lowest BCUT2D eigenvalue weighted by Gasteiger charge is -2.35. The lowest BCUT2D eigenvalue weighted by Crippen LogP contribution is -2.52. The van der Waals surface area contributed by atoms with E-state index in [0.717, 1.165) is 67.0 Å². The molecule has 2 N–H and O–H groups in total. The van der Waals surface area contributed by atoms with Crippen molar-refractivity contribution in [1.29, 1.82) is 0 Å². The van der Waals surface area contributed by atoms with E-state index in [2.05, 4.69) is 25.5 Å². The van der Waals surface area contributed by atoms with Crippen molar-refractivity contribution in [3.63, 3.8) is 0 Å². The van der Waals surface area contributed by atoms with Crippen LogP contribution in [-0.4, -0.2) is 184 Å². The van der Waals surface area contributed by atoms with Gasteiger partial charge in [0.2, 0.25) is 23.6 Å². The Hall–Kier alpha value is -5.77. The first kappa shape index (κ1) is 54.0. The summed E-state index contributed by atoms with van der Waals surface area (Å²) < 4.78 is 28.1. The van der Waals surface area contributed by atoms with Crippen LogP contribution in [0.4, 0.5) is 5.82 Å². The fourth-order valence-corrected chi connectivity index (χ4v) is 9.94. The Morgan fingerprint density at radius 2 is 1.49 bits per heavy atom. The number of nitrogens with one attached hydrogen (secondary N) is 2. The fraction of sp³-hybridized carbons (Fsp3) is 0.538. The highest BCUT2D eigenvalue weighted by Gasteiger charge is 2.40. The van der Waals surface area contributed by atoms with Crippen molar-refractivity contribution in [2.75, 3.05) is 123 Å². The van der Waals surface area contributed by atoms with Crippen LogP contribution in [0.1, 0.15) is 76.8 Å². The number of carbonyl (C=O) groups excluding carboxylic acids is 6. The summed E-state index contributed by atoms with van der Waals surface area (Å²) in [4.78, 5) is 92.2. The van der Waals surface area contributed by atoms with E-state index in [9.17, 15) is 28.8 Å². The lowest BCUT2D eigenvalue weighted by molar-refractivity contribution is -0.138. The Bertz CT molecular complexity index is 2270. The third-order valence-electron chi connectivity index (χ3n) is 13.0. The SMILES string of the molecule is O=C(/C=C/c1cccnc1)NCCCCC1CCN(C(=O)c2ccc(N3CCN(C(=O)COCCOCCOCCOCCOCCSc4cccc5c4CN(C4CCC(=O)NC4=O)C5=O)CC3)nc2)CC1. The zero-order valence-electron chi connectivity index (χ0n) is 41.0. The van der Waals surface area contributed by atoms with Crippen LogP contribution in [0.5, 0.6) is 0 Å². The van der Waals surface area contributed by atoms with Gasteiger partial charge in [-0.2, -0.15) is 0 Å². The summed E-state index contributed by atoms with van der Waals surface area (Å²) in [6.07, 6.45) is 13.9. The predicted octanol–water partition coefficient (Wildman–Crippen LogP) is 3.61. The highest BCUT2D eigenvalue weighted by Crippen LogP contribution is 2.34. The average molecular weight is 1010 g/mol. The number of carbonyl (C=O) groups is 6. The minimum atomic E-state index is -0.635. The van der Waals surface area contributed by atoms with Crippen molar-refractivity contribution < 1.29 is 52.5 Å². The summed E-state index contributed by atoms with van der Waals surface area (Å²) in [5, 5.41) is 5.29. The van der Waals surface area contributed by atoms with Crippen molar-refractivity contribution in [2.45, 2.75) is 62.4 Å². The zero-order chi connectivity index (χ0) is 50.3. The molecular weight excluding hydrogens is 945 g/mol. The minimum Gasteiger partial charge on any atom is -0.378 e. The molecule has 1 unspecified atom stereocenters. The number of nitrogens with zero attached hydrogens (tertiary/aromatic N) is 6. The van der Waals surface area contributed by atoms with Gasteiger partial charge >= 0.3 is 0 Å². The van der Waals surface area contributed by atoms with Crippen LogP contribution in [0.2, 0.25) is 0 Å². The van der Waals surface area contributed by atoms with Crippen molar-refractivity contribution in [3.8, 4) is 0 Å². The average Bonchev–Trinajstić information content (AvgIpc) is 3.74. The van der Waals surface area contributed by atoms with Crippen LogP contribution in [0.25, 0.3) is 6.08 Å². The Morgan fingerprint density at radius 3 is 2.17 bits per heavy atom. The predicted molar refractivity (Wildman–Crippen MR) is 269 cm³/mol. The van der Waals surface area contributed by atoms with E-state index in [4.69, 9.17) is 23.7 Å². The number of unbranched alkanes of at least 4 members (excludes halogenated alkanes) is 1. The number of piperidine rings is 2. The van der Waals surface area contributed by atoms with Gasteiger partial charge in [-0.05, 0) is 79.1 Å². The van der Waals surface area contributed by atoms with E-state index >= 15 is 0 Å². The normalized spacial score (nSPS) is 17.4. The molecule has 6 heterocycles. The van der Waals surface area contributed by atoms with E-state index in [1.165, 1.54) is 6.08 Å². The number of piperazine rings is 1. The molecule has 1 aromatic carbocycles. The molecule has 3 fully saturated rings. The maximum atomic E-state index is 13.3.